The summed E-state index contributed by atoms with van der Waals surface area (Å²) in [5.74, 6) is 4.59. The van der Waals surface area contributed by atoms with Gasteiger partial charge in [0, 0.05) is 30.2 Å². The molecule has 6 heteroatoms. The van der Waals surface area contributed by atoms with Crippen LogP contribution in [0.5, 0.6) is 5.75 Å². The molecule has 2 aliphatic carbocycles. The zero-order valence-corrected chi connectivity index (χ0v) is 20.3. The number of nitrogens with zero attached hydrogens (tertiary/aromatic N) is 4. The number of imidazole rings is 1. The van der Waals surface area contributed by atoms with Crippen LogP contribution in [0.25, 0.3) is 39.3 Å². The smallest absolute Gasteiger partial charge is 0.158 e. The third-order valence-corrected chi connectivity index (χ3v) is 7.53. The molecule has 6 rings (SSSR count). The van der Waals surface area contributed by atoms with Gasteiger partial charge in [-0.05, 0) is 73.8 Å². The third-order valence-electron chi connectivity index (χ3n) is 7.53. The number of rotatable bonds is 8. The molecule has 176 valence electrons. The van der Waals surface area contributed by atoms with Gasteiger partial charge in [-0.15, -0.1) is 0 Å². The Balaban J connectivity index is 1.58. The second-order valence-electron chi connectivity index (χ2n) is 10.2. The fraction of sp³-hybridized carbons (Fsp3) is 0.429. The highest BCUT2D eigenvalue weighted by atomic mass is 16.5. The first-order chi connectivity index (χ1) is 16.6. The second kappa shape index (κ2) is 8.19. The predicted molar refractivity (Wildman–Crippen MR) is 136 cm³/mol. The lowest BCUT2D eigenvalue weighted by Gasteiger charge is -2.33. The van der Waals surface area contributed by atoms with Crippen LogP contribution in [0.3, 0.4) is 0 Å². The van der Waals surface area contributed by atoms with Gasteiger partial charge in [-0.25, -0.2) is 9.97 Å². The highest BCUT2D eigenvalue weighted by molar-refractivity contribution is 5.91. The molecule has 0 radical (unpaired) electrons. The van der Waals surface area contributed by atoms with Crippen LogP contribution >= 0.6 is 0 Å². The van der Waals surface area contributed by atoms with Gasteiger partial charge in [-0.3, -0.25) is 0 Å². The van der Waals surface area contributed by atoms with E-state index < -0.39 is 0 Å². The number of ether oxygens (including phenoxy) is 2. The molecule has 0 atom stereocenters. The molecule has 2 saturated carbocycles. The molecule has 0 unspecified atom stereocenters. The molecule has 3 aromatic heterocycles. The first kappa shape index (κ1) is 21.3. The molecule has 0 bridgehead atoms. The Kier molecular flexibility index (Phi) is 5.12. The quantitative estimate of drug-likeness (QED) is 0.299. The fourth-order valence-corrected chi connectivity index (χ4v) is 5.53. The molecule has 0 aliphatic heterocycles. The number of pyridine rings is 1. The molecule has 0 N–H and O–H groups in total. The van der Waals surface area contributed by atoms with Crippen molar-refractivity contribution >= 4 is 27.8 Å². The van der Waals surface area contributed by atoms with Crippen LogP contribution < -0.4 is 4.74 Å². The Morgan fingerprint density at radius 3 is 2.59 bits per heavy atom. The van der Waals surface area contributed by atoms with Crippen LogP contribution in [0.4, 0.5) is 0 Å². The monoisotopic (exact) mass is 456 g/mol. The molecular formula is C28H32N4O2. The van der Waals surface area contributed by atoms with Crippen molar-refractivity contribution < 1.29 is 9.47 Å². The van der Waals surface area contributed by atoms with E-state index in [1.54, 1.807) is 14.2 Å². The van der Waals surface area contributed by atoms with Crippen LogP contribution in [0.15, 0.2) is 43.1 Å². The summed E-state index contributed by atoms with van der Waals surface area (Å²) < 4.78 is 16.1. The zero-order chi connectivity index (χ0) is 23.4. The van der Waals surface area contributed by atoms with Gasteiger partial charge in [0.05, 0.1) is 25.4 Å². The van der Waals surface area contributed by atoms with Crippen LogP contribution in [0.1, 0.15) is 38.2 Å². The highest BCUT2D eigenvalue weighted by Gasteiger charge is 2.30. The number of hydrogen-bond donors (Lipinski definition) is 0. The number of benzene rings is 1. The van der Waals surface area contributed by atoms with Crippen LogP contribution in [-0.2, 0) is 17.8 Å². The lowest BCUT2D eigenvalue weighted by molar-refractivity contribution is 0.189. The molecule has 3 heterocycles. The summed E-state index contributed by atoms with van der Waals surface area (Å²) in [7, 11) is 3.37. The van der Waals surface area contributed by atoms with Crippen molar-refractivity contribution in [3.05, 3.63) is 48.7 Å². The predicted octanol–water partition coefficient (Wildman–Crippen LogP) is 6.13. The van der Waals surface area contributed by atoms with E-state index >= 15 is 0 Å². The van der Waals surface area contributed by atoms with E-state index in [1.807, 2.05) is 18.3 Å². The maximum atomic E-state index is 5.89. The standard InChI is InChI=1S/C28H32N4O2/c1-17-10-20(11-17)16-32-26-23(12-22(18(2)33-3)14-25(26)34-4)30-28(32)24-13-21-6-5-9-29-27(21)31(24)15-19-7-8-19/h5-6,9,12-14,17,19-20H,2,7-8,10-11,15-16H2,1,3-4H3/t17-,20-. The average molecular weight is 457 g/mol. The Labute approximate surface area is 200 Å². The molecular weight excluding hydrogens is 424 g/mol. The molecule has 1 aromatic carbocycles. The summed E-state index contributed by atoms with van der Waals surface area (Å²) in [6.45, 7) is 8.32. The van der Waals surface area contributed by atoms with Gasteiger partial charge < -0.3 is 18.6 Å². The lowest BCUT2D eigenvalue weighted by Crippen LogP contribution is -2.26. The van der Waals surface area contributed by atoms with Crippen LogP contribution in [-0.4, -0.2) is 33.3 Å². The minimum Gasteiger partial charge on any atom is -0.497 e. The van der Waals surface area contributed by atoms with Crippen LogP contribution in [0, 0.1) is 17.8 Å². The van der Waals surface area contributed by atoms with Crippen molar-refractivity contribution in [1.29, 1.82) is 0 Å². The molecule has 4 aromatic rings. The summed E-state index contributed by atoms with van der Waals surface area (Å²) in [4.78, 5) is 9.97. The first-order valence-corrected chi connectivity index (χ1v) is 12.3. The Morgan fingerprint density at radius 1 is 1.09 bits per heavy atom. The van der Waals surface area contributed by atoms with Gasteiger partial charge in [0.25, 0.3) is 0 Å². The number of methoxy groups -OCH3 is 2. The number of aromatic nitrogens is 4. The molecule has 2 aliphatic rings. The van der Waals surface area contributed by atoms with Gasteiger partial charge >= 0.3 is 0 Å². The van der Waals surface area contributed by atoms with E-state index in [2.05, 4.69) is 40.8 Å². The van der Waals surface area contributed by atoms with Gasteiger partial charge in [-0.1, -0.05) is 13.5 Å². The van der Waals surface area contributed by atoms with Crippen molar-refractivity contribution in [2.75, 3.05) is 14.2 Å². The summed E-state index contributed by atoms with van der Waals surface area (Å²) in [5, 5.41) is 1.16. The van der Waals surface area contributed by atoms with E-state index in [4.69, 9.17) is 19.4 Å². The highest BCUT2D eigenvalue weighted by Crippen LogP contribution is 2.41. The number of hydrogen-bond acceptors (Lipinski definition) is 4. The second-order valence-corrected chi connectivity index (χ2v) is 10.2. The van der Waals surface area contributed by atoms with Gasteiger partial charge in [0.2, 0.25) is 0 Å². The molecule has 34 heavy (non-hydrogen) atoms. The fourth-order valence-electron chi connectivity index (χ4n) is 5.53. The molecule has 0 saturated heterocycles. The molecule has 2 fully saturated rings. The summed E-state index contributed by atoms with van der Waals surface area (Å²) >= 11 is 0. The number of fused-ring (bicyclic) bond motifs is 2. The van der Waals surface area contributed by atoms with Gasteiger partial charge in [0.15, 0.2) is 5.82 Å². The summed E-state index contributed by atoms with van der Waals surface area (Å²) in [6.07, 6.45) is 6.98. The van der Waals surface area contributed by atoms with E-state index in [0.717, 1.165) is 69.8 Å². The molecule has 6 nitrogen and oxygen atoms in total. The third kappa shape index (κ3) is 3.56. The normalized spacial score (nSPS) is 20.0. The maximum absolute atomic E-state index is 5.89. The topological polar surface area (TPSA) is 54.1 Å². The minimum atomic E-state index is 0.608. The van der Waals surface area contributed by atoms with Crippen molar-refractivity contribution in [1.82, 2.24) is 19.1 Å². The summed E-state index contributed by atoms with van der Waals surface area (Å²) in [5.41, 5.74) is 5.02. The Morgan fingerprint density at radius 2 is 1.88 bits per heavy atom. The summed E-state index contributed by atoms with van der Waals surface area (Å²) in [6, 6.07) is 10.5. The van der Waals surface area contributed by atoms with Crippen molar-refractivity contribution in [2.24, 2.45) is 17.8 Å². The minimum absolute atomic E-state index is 0.608. The first-order valence-electron chi connectivity index (χ1n) is 12.3. The lowest BCUT2D eigenvalue weighted by atomic mass is 9.76. The van der Waals surface area contributed by atoms with Crippen molar-refractivity contribution in [3.8, 4) is 17.3 Å². The van der Waals surface area contributed by atoms with Crippen molar-refractivity contribution in [3.63, 3.8) is 0 Å². The van der Waals surface area contributed by atoms with Crippen molar-refractivity contribution in [2.45, 2.75) is 45.7 Å². The average Bonchev–Trinajstić information content (AvgIpc) is 3.48. The van der Waals surface area contributed by atoms with E-state index in [-0.39, 0.29) is 0 Å². The van der Waals surface area contributed by atoms with Gasteiger partial charge in [0.1, 0.15) is 22.7 Å². The largest absolute Gasteiger partial charge is 0.497 e. The van der Waals surface area contributed by atoms with E-state index in [1.165, 1.54) is 25.7 Å². The maximum Gasteiger partial charge on any atom is 0.158 e. The Hall–Kier alpha value is -3.28. The zero-order valence-electron chi connectivity index (χ0n) is 20.3. The Bertz CT molecular complexity index is 1390. The SMILES string of the molecule is C=C(OC)c1cc(OC)c2c(c1)nc(-c1cc3cccnc3n1CC1CC1)n2C[C@H]1C[C@H](C)C1. The molecule has 0 amide bonds. The van der Waals surface area contributed by atoms with E-state index in [0.29, 0.717) is 11.7 Å². The van der Waals surface area contributed by atoms with Crippen LogP contribution in [0.2, 0.25) is 0 Å². The molecule has 0 spiro atoms. The van der Waals surface area contributed by atoms with Gasteiger partial charge in [-0.2, -0.15) is 0 Å². The van der Waals surface area contributed by atoms with E-state index in [9.17, 15) is 0 Å².